The SMILES string of the molecule is CCOC(C)(OCC)C(C#N)C(=O)O. The van der Waals surface area contributed by atoms with E-state index in [1.807, 2.05) is 0 Å². The number of hydrogen-bond donors (Lipinski definition) is 1. The van der Waals surface area contributed by atoms with E-state index in [-0.39, 0.29) is 0 Å². The van der Waals surface area contributed by atoms with E-state index in [2.05, 4.69) is 0 Å². The van der Waals surface area contributed by atoms with Gasteiger partial charge in [0.25, 0.3) is 0 Å². The van der Waals surface area contributed by atoms with Crippen LogP contribution in [0.2, 0.25) is 0 Å². The molecule has 0 aliphatic carbocycles. The fraction of sp³-hybridized carbons (Fsp3) is 0.778. The number of ether oxygens (including phenoxy) is 2. The van der Waals surface area contributed by atoms with Crippen molar-refractivity contribution < 1.29 is 19.4 Å². The standard InChI is InChI=1S/C9H15NO4/c1-4-13-9(3,14-5-2)7(6-10)8(11)12/h7H,4-5H2,1-3H3,(H,11,12). The van der Waals surface area contributed by atoms with Crippen LogP contribution < -0.4 is 0 Å². The fourth-order valence-corrected chi connectivity index (χ4v) is 1.18. The number of aliphatic carboxylic acids is 1. The first-order valence-corrected chi connectivity index (χ1v) is 4.42. The summed E-state index contributed by atoms with van der Waals surface area (Å²) in [5.74, 6) is -3.93. The van der Waals surface area contributed by atoms with Crippen LogP contribution in [-0.4, -0.2) is 30.1 Å². The lowest BCUT2D eigenvalue weighted by molar-refractivity contribution is -0.242. The Balaban J connectivity index is 4.77. The van der Waals surface area contributed by atoms with Crippen molar-refractivity contribution in [1.82, 2.24) is 0 Å². The Morgan fingerprint density at radius 1 is 1.50 bits per heavy atom. The van der Waals surface area contributed by atoms with Crippen molar-refractivity contribution in [3.63, 3.8) is 0 Å². The average molecular weight is 201 g/mol. The summed E-state index contributed by atoms with van der Waals surface area (Å²) in [5, 5.41) is 17.5. The molecule has 0 aromatic heterocycles. The Kier molecular flexibility index (Phi) is 5.13. The number of carboxylic acids is 1. The lowest BCUT2D eigenvalue weighted by Gasteiger charge is -2.30. The van der Waals surface area contributed by atoms with Crippen molar-refractivity contribution in [2.24, 2.45) is 5.92 Å². The van der Waals surface area contributed by atoms with Crippen molar-refractivity contribution in [1.29, 1.82) is 5.26 Å². The highest BCUT2D eigenvalue weighted by atomic mass is 16.7. The monoisotopic (exact) mass is 201 g/mol. The number of nitriles is 1. The molecular formula is C9H15NO4. The topological polar surface area (TPSA) is 79.5 Å². The summed E-state index contributed by atoms with van der Waals surface area (Å²) in [6.07, 6.45) is 0. The normalized spacial score (nSPS) is 13.3. The maximum Gasteiger partial charge on any atom is 0.326 e. The molecule has 0 aliphatic heterocycles. The van der Waals surface area contributed by atoms with E-state index >= 15 is 0 Å². The fourth-order valence-electron chi connectivity index (χ4n) is 1.18. The van der Waals surface area contributed by atoms with E-state index in [0.717, 1.165) is 0 Å². The van der Waals surface area contributed by atoms with Crippen LogP contribution in [0.5, 0.6) is 0 Å². The summed E-state index contributed by atoms with van der Waals surface area (Å²) in [6.45, 7) is 5.48. The molecule has 0 saturated heterocycles. The molecule has 0 radical (unpaired) electrons. The van der Waals surface area contributed by atoms with Crippen LogP contribution in [0.25, 0.3) is 0 Å². The van der Waals surface area contributed by atoms with Gasteiger partial charge in [-0.25, -0.2) is 0 Å². The van der Waals surface area contributed by atoms with Crippen LogP contribution >= 0.6 is 0 Å². The van der Waals surface area contributed by atoms with Gasteiger partial charge in [-0.3, -0.25) is 4.79 Å². The van der Waals surface area contributed by atoms with Gasteiger partial charge in [-0.2, -0.15) is 5.26 Å². The first-order valence-electron chi connectivity index (χ1n) is 4.42. The van der Waals surface area contributed by atoms with Crippen molar-refractivity contribution in [3.05, 3.63) is 0 Å². The van der Waals surface area contributed by atoms with Gasteiger partial charge in [0.2, 0.25) is 0 Å². The summed E-state index contributed by atoms with van der Waals surface area (Å²) < 4.78 is 10.3. The highest BCUT2D eigenvalue weighted by Crippen LogP contribution is 2.23. The molecule has 5 heteroatoms. The van der Waals surface area contributed by atoms with Crippen LogP contribution in [0.4, 0.5) is 0 Å². The van der Waals surface area contributed by atoms with Crippen molar-refractivity contribution in [2.75, 3.05) is 13.2 Å². The molecule has 0 rings (SSSR count). The van der Waals surface area contributed by atoms with Gasteiger partial charge in [-0.15, -0.1) is 0 Å². The Morgan fingerprint density at radius 3 is 2.14 bits per heavy atom. The van der Waals surface area contributed by atoms with Gasteiger partial charge >= 0.3 is 5.97 Å². The predicted molar refractivity (Wildman–Crippen MR) is 48.4 cm³/mol. The lowest BCUT2D eigenvalue weighted by Crippen LogP contribution is -2.44. The highest BCUT2D eigenvalue weighted by molar-refractivity contribution is 5.74. The van der Waals surface area contributed by atoms with Crippen LogP contribution in [0, 0.1) is 17.2 Å². The molecule has 0 spiro atoms. The zero-order valence-electron chi connectivity index (χ0n) is 8.61. The Labute approximate surface area is 83.2 Å². The van der Waals surface area contributed by atoms with Gasteiger partial charge in [-0.1, -0.05) is 0 Å². The van der Waals surface area contributed by atoms with E-state index in [1.54, 1.807) is 19.9 Å². The molecule has 0 saturated carbocycles. The molecule has 0 amide bonds. The van der Waals surface area contributed by atoms with Crippen LogP contribution in [-0.2, 0) is 14.3 Å². The number of rotatable bonds is 6. The summed E-state index contributed by atoms with van der Waals surface area (Å²) in [5.41, 5.74) is 0. The van der Waals surface area contributed by atoms with Gasteiger partial charge in [0.05, 0.1) is 6.07 Å². The first kappa shape index (κ1) is 12.9. The molecule has 0 aromatic carbocycles. The second-order valence-corrected chi connectivity index (χ2v) is 2.78. The van der Waals surface area contributed by atoms with Crippen molar-refractivity contribution >= 4 is 5.97 Å². The predicted octanol–water partition coefficient (Wildman–Crippen LogP) is 1.000. The number of nitrogens with zero attached hydrogens (tertiary/aromatic N) is 1. The second-order valence-electron chi connectivity index (χ2n) is 2.78. The molecule has 14 heavy (non-hydrogen) atoms. The van der Waals surface area contributed by atoms with E-state index in [0.29, 0.717) is 13.2 Å². The maximum atomic E-state index is 10.7. The molecule has 0 fully saturated rings. The Bertz CT molecular complexity index is 227. The van der Waals surface area contributed by atoms with Gasteiger partial charge < -0.3 is 14.6 Å². The van der Waals surface area contributed by atoms with Gasteiger partial charge in [-0.05, 0) is 20.8 Å². The summed E-state index contributed by atoms with van der Waals surface area (Å²) >= 11 is 0. The third-order valence-electron chi connectivity index (χ3n) is 1.76. The molecule has 0 aromatic rings. The average Bonchev–Trinajstić information content (AvgIpc) is 2.04. The summed E-state index contributed by atoms with van der Waals surface area (Å²) in [4.78, 5) is 10.7. The third-order valence-corrected chi connectivity index (χ3v) is 1.76. The number of carbonyl (C=O) groups is 1. The minimum Gasteiger partial charge on any atom is -0.480 e. The van der Waals surface area contributed by atoms with Gasteiger partial charge in [0, 0.05) is 13.2 Å². The Hall–Kier alpha value is -1.12. The molecule has 80 valence electrons. The quantitative estimate of drug-likeness (QED) is 0.648. The summed E-state index contributed by atoms with van der Waals surface area (Å²) in [7, 11) is 0. The molecule has 1 atom stereocenters. The van der Waals surface area contributed by atoms with Crippen LogP contribution in [0.3, 0.4) is 0 Å². The smallest absolute Gasteiger partial charge is 0.326 e. The highest BCUT2D eigenvalue weighted by Gasteiger charge is 2.41. The zero-order chi connectivity index (χ0) is 11.2. The van der Waals surface area contributed by atoms with Gasteiger partial charge in [0.15, 0.2) is 11.7 Å². The molecule has 0 bridgehead atoms. The lowest BCUT2D eigenvalue weighted by atomic mass is 10.0. The molecule has 1 N–H and O–H groups in total. The maximum absolute atomic E-state index is 10.7. The second kappa shape index (κ2) is 5.58. The van der Waals surface area contributed by atoms with Crippen molar-refractivity contribution in [3.8, 4) is 6.07 Å². The third kappa shape index (κ3) is 2.98. The first-order chi connectivity index (χ1) is 6.51. The molecule has 0 aliphatic rings. The number of carboxylic acid groups (broad SMARTS) is 1. The Morgan fingerprint density at radius 2 is 1.93 bits per heavy atom. The molecule has 5 nitrogen and oxygen atoms in total. The zero-order valence-corrected chi connectivity index (χ0v) is 8.61. The number of hydrogen-bond acceptors (Lipinski definition) is 4. The van der Waals surface area contributed by atoms with Crippen LogP contribution in [0.1, 0.15) is 20.8 Å². The molecular weight excluding hydrogens is 186 g/mol. The van der Waals surface area contributed by atoms with Gasteiger partial charge in [0.1, 0.15) is 0 Å². The minimum atomic E-state index is -1.37. The van der Waals surface area contributed by atoms with E-state index < -0.39 is 17.7 Å². The molecule has 1 unspecified atom stereocenters. The largest absolute Gasteiger partial charge is 0.480 e. The van der Waals surface area contributed by atoms with Crippen LogP contribution in [0.15, 0.2) is 0 Å². The van der Waals surface area contributed by atoms with Crippen molar-refractivity contribution in [2.45, 2.75) is 26.6 Å². The van der Waals surface area contributed by atoms with E-state index in [9.17, 15) is 4.79 Å². The van der Waals surface area contributed by atoms with E-state index in [4.69, 9.17) is 19.8 Å². The van der Waals surface area contributed by atoms with E-state index in [1.165, 1.54) is 6.92 Å². The minimum absolute atomic E-state index is 0.294. The summed E-state index contributed by atoms with van der Waals surface area (Å²) in [6, 6.07) is 1.66. The molecule has 0 heterocycles.